The second-order valence-electron chi connectivity index (χ2n) is 9.38. The van der Waals surface area contributed by atoms with E-state index in [0.717, 1.165) is 36.4 Å². The molecule has 4 aromatic carbocycles. The van der Waals surface area contributed by atoms with Crippen LogP contribution in [0.15, 0.2) is 72.8 Å². The van der Waals surface area contributed by atoms with E-state index in [1.54, 1.807) is 0 Å². The number of hydrogen-bond donors (Lipinski definition) is 3. The minimum absolute atomic E-state index is 0.409. The Bertz CT molecular complexity index is 1620. The molecule has 9 nitrogen and oxygen atoms in total. The molecule has 0 spiro atoms. The van der Waals surface area contributed by atoms with E-state index in [2.05, 4.69) is 14.2 Å². The summed E-state index contributed by atoms with van der Waals surface area (Å²) in [5, 5.41) is 31.0. The van der Waals surface area contributed by atoms with Crippen molar-refractivity contribution in [3.63, 3.8) is 0 Å². The molecule has 0 radical (unpaired) electrons. The maximum atomic E-state index is 12.8. The first-order chi connectivity index (χ1) is 22.1. The molecule has 18 heteroatoms. The summed E-state index contributed by atoms with van der Waals surface area (Å²) < 4.78 is 126. The van der Waals surface area contributed by atoms with Crippen LogP contribution in [0.25, 0.3) is 33.4 Å². The standard InChI is InChI=1S/C30H15F9O9/c31-28(32,33)46-16-7-1-13(2-8-16)19-22(25(40)41)20(14-3-9-17(10-4-14)47-29(34,35)36)24(27(44)45)21(23(19)26(42)43)15-5-11-18(12-6-15)48-30(37,38)39/h1-12H,(H,40,41)(H,42,43)(H,44,45). The topological polar surface area (TPSA) is 140 Å². The average molecular weight is 690 g/mol. The highest BCUT2D eigenvalue weighted by atomic mass is 19.4. The molecule has 252 valence electrons. The van der Waals surface area contributed by atoms with Crippen molar-refractivity contribution in [2.24, 2.45) is 0 Å². The molecule has 0 saturated carbocycles. The highest BCUT2D eigenvalue weighted by Gasteiger charge is 2.37. The maximum absolute atomic E-state index is 12.8. The molecule has 4 aromatic rings. The van der Waals surface area contributed by atoms with E-state index >= 15 is 0 Å². The number of aromatic carboxylic acids is 3. The maximum Gasteiger partial charge on any atom is 0.573 e. The third kappa shape index (κ3) is 8.06. The normalized spacial score (nSPS) is 11.9. The number of ether oxygens (including phenoxy) is 3. The van der Waals surface area contributed by atoms with E-state index in [0.29, 0.717) is 36.4 Å². The number of carboxylic acids is 3. The van der Waals surface area contributed by atoms with Crippen molar-refractivity contribution in [3.8, 4) is 50.6 Å². The molecule has 0 saturated heterocycles. The van der Waals surface area contributed by atoms with E-state index in [-0.39, 0.29) is 0 Å². The van der Waals surface area contributed by atoms with Crippen molar-refractivity contribution in [3.05, 3.63) is 89.5 Å². The average Bonchev–Trinajstić information content (AvgIpc) is 2.94. The van der Waals surface area contributed by atoms with Gasteiger partial charge in [0.05, 0.1) is 16.7 Å². The summed E-state index contributed by atoms with van der Waals surface area (Å²) in [7, 11) is 0. The lowest BCUT2D eigenvalue weighted by atomic mass is 9.79. The zero-order valence-corrected chi connectivity index (χ0v) is 23.1. The molecule has 0 aliphatic carbocycles. The van der Waals surface area contributed by atoms with Crippen molar-refractivity contribution >= 4 is 17.9 Å². The summed E-state index contributed by atoms with van der Waals surface area (Å²) in [5.74, 6) is -8.38. The monoisotopic (exact) mass is 690 g/mol. The molecule has 3 N–H and O–H groups in total. The van der Waals surface area contributed by atoms with Crippen LogP contribution in [0.3, 0.4) is 0 Å². The number of carboxylic acid groups (broad SMARTS) is 3. The molecule has 0 heterocycles. The number of rotatable bonds is 9. The second-order valence-corrected chi connectivity index (χ2v) is 9.38. The summed E-state index contributed by atoms with van der Waals surface area (Å²) in [6.45, 7) is 0. The van der Waals surface area contributed by atoms with Gasteiger partial charge in [-0.05, 0) is 53.1 Å². The Hall–Kier alpha value is -5.94. The number of hydrogen-bond acceptors (Lipinski definition) is 6. The molecule has 0 fully saturated rings. The lowest BCUT2D eigenvalue weighted by Gasteiger charge is -2.23. The second kappa shape index (κ2) is 12.7. The molecule has 0 aromatic heterocycles. The first kappa shape index (κ1) is 34.9. The van der Waals surface area contributed by atoms with Gasteiger partial charge in [0.2, 0.25) is 0 Å². The molecule has 0 unspecified atom stereocenters. The number of benzene rings is 4. The van der Waals surface area contributed by atoms with E-state index < -0.39 is 104 Å². The van der Waals surface area contributed by atoms with Gasteiger partial charge in [-0.1, -0.05) is 36.4 Å². The number of carbonyl (C=O) groups is 3. The van der Waals surface area contributed by atoms with Gasteiger partial charge in [-0.3, -0.25) is 0 Å². The summed E-state index contributed by atoms with van der Waals surface area (Å²) in [6, 6.07) is 9.09. The zero-order valence-electron chi connectivity index (χ0n) is 23.1. The van der Waals surface area contributed by atoms with Crippen LogP contribution in [0, 0.1) is 0 Å². The summed E-state index contributed by atoms with van der Waals surface area (Å²) in [4.78, 5) is 38.5. The molecule has 0 aliphatic heterocycles. The van der Waals surface area contributed by atoms with Crippen molar-refractivity contribution in [2.75, 3.05) is 0 Å². The van der Waals surface area contributed by atoms with Crippen LogP contribution in [0.2, 0.25) is 0 Å². The molecule has 48 heavy (non-hydrogen) atoms. The number of halogens is 9. The highest BCUT2D eigenvalue weighted by molar-refractivity contribution is 6.19. The smallest absolute Gasteiger partial charge is 0.478 e. The minimum atomic E-state index is -5.16. The third-order valence-corrected chi connectivity index (χ3v) is 6.27. The Morgan fingerprint density at radius 2 is 0.583 bits per heavy atom. The van der Waals surface area contributed by atoms with Crippen LogP contribution < -0.4 is 14.2 Å². The van der Waals surface area contributed by atoms with Gasteiger partial charge in [-0.15, -0.1) is 39.5 Å². The van der Waals surface area contributed by atoms with Gasteiger partial charge in [0.25, 0.3) is 0 Å². The Morgan fingerprint density at radius 3 is 0.729 bits per heavy atom. The van der Waals surface area contributed by atoms with Crippen molar-refractivity contribution in [1.29, 1.82) is 0 Å². The van der Waals surface area contributed by atoms with Crippen LogP contribution in [-0.4, -0.2) is 52.3 Å². The van der Waals surface area contributed by atoms with Gasteiger partial charge < -0.3 is 29.5 Å². The summed E-state index contributed by atoms with van der Waals surface area (Å²) in [6.07, 6.45) is -15.5. The first-order valence-corrected chi connectivity index (χ1v) is 12.7. The van der Waals surface area contributed by atoms with Crippen LogP contribution in [0.4, 0.5) is 39.5 Å². The Morgan fingerprint density at radius 1 is 0.396 bits per heavy atom. The number of alkyl halides is 9. The van der Waals surface area contributed by atoms with Gasteiger partial charge in [0.15, 0.2) is 0 Å². The molecule has 0 amide bonds. The Labute approximate surface area is 260 Å². The van der Waals surface area contributed by atoms with Gasteiger partial charge in [0, 0.05) is 16.7 Å². The lowest BCUT2D eigenvalue weighted by molar-refractivity contribution is -0.275. The van der Waals surface area contributed by atoms with Crippen LogP contribution in [-0.2, 0) is 0 Å². The van der Waals surface area contributed by atoms with E-state index in [4.69, 9.17) is 0 Å². The van der Waals surface area contributed by atoms with Gasteiger partial charge >= 0.3 is 37.0 Å². The fourth-order valence-corrected chi connectivity index (χ4v) is 4.73. The van der Waals surface area contributed by atoms with E-state index in [1.165, 1.54) is 0 Å². The van der Waals surface area contributed by atoms with Gasteiger partial charge in [-0.2, -0.15) is 0 Å². The van der Waals surface area contributed by atoms with Crippen LogP contribution in [0.5, 0.6) is 17.2 Å². The zero-order chi connectivity index (χ0) is 35.8. The molecule has 0 bridgehead atoms. The Balaban J connectivity index is 2.16. The summed E-state index contributed by atoms with van der Waals surface area (Å²) >= 11 is 0. The van der Waals surface area contributed by atoms with Crippen molar-refractivity contribution < 1.29 is 83.4 Å². The van der Waals surface area contributed by atoms with Gasteiger partial charge in [-0.25, -0.2) is 14.4 Å². The molecule has 0 aliphatic rings. The predicted molar refractivity (Wildman–Crippen MR) is 144 cm³/mol. The van der Waals surface area contributed by atoms with Crippen LogP contribution in [0.1, 0.15) is 31.1 Å². The lowest BCUT2D eigenvalue weighted by Crippen LogP contribution is -2.18. The SMILES string of the molecule is O=C(O)c1c(-c2ccc(OC(F)(F)F)cc2)c(C(=O)O)c(-c2ccc(OC(F)(F)F)cc2)c(C(=O)O)c1-c1ccc(OC(F)(F)F)cc1. The molecule has 4 rings (SSSR count). The largest absolute Gasteiger partial charge is 0.573 e. The predicted octanol–water partition coefficient (Wildman–Crippen LogP) is 8.48. The fourth-order valence-electron chi connectivity index (χ4n) is 4.73. The van der Waals surface area contributed by atoms with Crippen LogP contribution >= 0.6 is 0 Å². The minimum Gasteiger partial charge on any atom is -0.478 e. The van der Waals surface area contributed by atoms with E-state index in [1.807, 2.05) is 0 Å². The fraction of sp³-hybridized carbons (Fsp3) is 0.100. The van der Waals surface area contributed by atoms with Crippen molar-refractivity contribution in [2.45, 2.75) is 19.1 Å². The van der Waals surface area contributed by atoms with Crippen molar-refractivity contribution in [1.82, 2.24) is 0 Å². The third-order valence-electron chi connectivity index (χ3n) is 6.27. The summed E-state index contributed by atoms with van der Waals surface area (Å²) in [5.41, 5.74) is -6.74. The quantitative estimate of drug-likeness (QED) is 0.148. The first-order valence-electron chi connectivity index (χ1n) is 12.7. The molecular formula is C30H15F9O9. The molecular weight excluding hydrogens is 675 g/mol. The van der Waals surface area contributed by atoms with Gasteiger partial charge in [0.1, 0.15) is 17.2 Å². The highest BCUT2D eigenvalue weighted by Crippen LogP contribution is 2.46. The molecule has 0 atom stereocenters. The Kier molecular flexibility index (Phi) is 9.23. The van der Waals surface area contributed by atoms with E-state index in [9.17, 15) is 69.2 Å².